The predicted molar refractivity (Wildman–Crippen MR) is 121 cm³/mol. The standard InChI is InChI=1S/C23H42N4O/c1-7-24-23(26-20(6)11-10-16-27(8-2)9-3)25-17-21-12-14-22(15-13-21)18-28-19(4)5/h12-15,19-20H,7-11,16-18H2,1-6H3,(H2,24,25,26). The van der Waals surface area contributed by atoms with Crippen molar-refractivity contribution >= 4 is 5.96 Å². The van der Waals surface area contributed by atoms with Gasteiger partial charge in [-0.2, -0.15) is 0 Å². The molecule has 2 N–H and O–H groups in total. The van der Waals surface area contributed by atoms with Crippen LogP contribution in [-0.4, -0.2) is 49.2 Å². The summed E-state index contributed by atoms with van der Waals surface area (Å²) in [4.78, 5) is 7.23. The van der Waals surface area contributed by atoms with E-state index in [4.69, 9.17) is 9.73 Å². The van der Waals surface area contributed by atoms with E-state index in [9.17, 15) is 0 Å². The first-order valence-corrected chi connectivity index (χ1v) is 10.9. The summed E-state index contributed by atoms with van der Waals surface area (Å²) >= 11 is 0. The zero-order valence-electron chi connectivity index (χ0n) is 18.9. The van der Waals surface area contributed by atoms with Gasteiger partial charge in [0.15, 0.2) is 5.96 Å². The minimum Gasteiger partial charge on any atom is -0.374 e. The minimum absolute atomic E-state index is 0.257. The lowest BCUT2D eigenvalue weighted by molar-refractivity contribution is 0.0657. The molecule has 0 bridgehead atoms. The van der Waals surface area contributed by atoms with E-state index < -0.39 is 0 Å². The van der Waals surface area contributed by atoms with E-state index in [-0.39, 0.29) is 6.10 Å². The van der Waals surface area contributed by atoms with Gasteiger partial charge in [0.2, 0.25) is 0 Å². The van der Waals surface area contributed by atoms with E-state index in [1.54, 1.807) is 0 Å². The van der Waals surface area contributed by atoms with Gasteiger partial charge in [-0.25, -0.2) is 4.99 Å². The van der Waals surface area contributed by atoms with Gasteiger partial charge in [-0.05, 0) is 71.3 Å². The fraction of sp³-hybridized carbons (Fsp3) is 0.696. The highest BCUT2D eigenvalue weighted by Crippen LogP contribution is 2.08. The number of guanidine groups is 1. The van der Waals surface area contributed by atoms with Crippen molar-refractivity contribution in [2.24, 2.45) is 4.99 Å². The number of ether oxygens (including phenoxy) is 1. The second kappa shape index (κ2) is 14.4. The van der Waals surface area contributed by atoms with Gasteiger partial charge in [-0.1, -0.05) is 38.1 Å². The Kier molecular flexibility index (Phi) is 12.6. The molecule has 1 aromatic rings. The molecular weight excluding hydrogens is 348 g/mol. The molecule has 0 heterocycles. The molecule has 1 unspecified atom stereocenters. The van der Waals surface area contributed by atoms with Gasteiger partial charge in [0.05, 0.1) is 19.3 Å². The fourth-order valence-electron chi connectivity index (χ4n) is 2.96. The number of aliphatic imine (C=N–C) groups is 1. The Morgan fingerprint density at radius 1 is 1.04 bits per heavy atom. The molecule has 0 aliphatic heterocycles. The Bertz CT molecular complexity index is 538. The van der Waals surface area contributed by atoms with E-state index in [1.165, 1.54) is 24.1 Å². The van der Waals surface area contributed by atoms with Crippen LogP contribution < -0.4 is 10.6 Å². The lowest BCUT2D eigenvalue weighted by Gasteiger charge is -2.21. The maximum absolute atomic E-state index is 5.65. The van der Waals surface area contributed by atoms with Crippen molar-refractivity contribution in [3.8, 4) is 0 Å². The van der Waals surface area contributed by atoms with Crippen LogP contribution in [0, 0.1) is 0 Å². The summed E-state index contributed by atoms with van der Waals surface area (Å²) in [7, 11) is 0. The average Bonchev–Trinajstić information content (AvgIpc) is 2.68. The van der Waals surface area contributed by atoms with E-state index in [1.807, 2.05) is 0 Å². The topological polar surface area (TPSA) is 48.9 Å². The van der Waals surface area contributed by atoms with Crippen LogP contribution in [0.3, 0.4) is 0 Å². The first-order valence-electron chi connectivity index (χ1n) is 10.9. The van der Waals surface area contributed by atoms with Crippen LogP contribution in [0.2, 0.25) is 0 Å². The van der Waals surface area contributed by atoms with Crippen molar-refractivity contribution in [3.63, 3.8) is 0 Å². The Hall–Kier alpha value is -1.59. The van der Waals surface area contributed by atoms with E-state index in [0.29, 0.717) is 19.2 Å². The van der Waals surface area contributed by atoms with Gasteiger partial charge >= 0.3 is 0 Å². The van der Waals surface area contributed by atoms with Crippen molar-refractivity contribution in [1.82, 2.24) is 15.5 Å². The fourth-order valence-corrected chi connectivity index (χ4v) is 2.96. The molecule has 0 fully saturated rings. The predicted octanol–water partition coefficient (Wildman–Crippen LogP) is 4.18. The molecule has 0 aliphatic rings. The summed E-state index contributed by atoms with van der Waals surface area (Å²) < 4.78 is 5.65. The largest absolute Gasteiger partial charge is 0.374 e. The summed E-state index contributed by atoms with van der Waals surface area (Å²) in [5, 5.41) is 6.90. The Morgan fingerprint density at radius 2 is 1.68 bits per heavy atom. The Balaban J connectivity index is 2.49. The van der Waals surface area contributed by atoms with Crippen molar-refractivity contribution in [1.29, 1.82) is 0 Å². The first kappa shape index (κ1) is 24.4. The molecule has 0 saturated heterocycles. The number of hydrogen-bond donors (Lipinski definition) is 2. The second-order valence-corrected chi connectivity index (χ2v) is 7.59. The van der Waals surface area contributed by atoms with Crippen molar-refractivity contribution < 1.29 is 4.74 Å². The van der Waals surface area contributed by atoms with E-state index in [2.05, 4.69) is 81.3 Å². The molecule has 0 amide bonds. The highest BCUT2D eigenvalue weighted by molar-refractivity contribution is 5.80. The zero-order valence-corrected chi connectivity index (χ0v) is 18.9. The molecule has 160 valence electrons. The minimum atomic E-state index is 0.257. The number of rotatable bonds is 13. The van der Waals surface area contributed by atoms with Gasteiger partial charge in [-0.3, -0.25) is 0 Å². The number of nitrogens with one attached hydrogen (secondary N) is 2. The maximum atomic E-state index is 5.65. The molecule has 28 heavy (non-hydrogen) atoms. The van der Waals surface area contributed by atoms with Gasteiger partial charge in [0.1, 0.15) is 0 Å². The summed E-state index contributed by atoms with van der Waals surface area (Å²) in [6.45, 7) is 18.5. The van der Waals surface area contributed by atoms with Crippen molar-refractivity contribution in [3.05, 3.63) is 35.4 Å². The molecule has 0 aliphatic carbocycles. The normalized spacial score (nSPS) is 13.2. The third kappa shape index (κ3) is 10.7. The third-order valence-corrected chi connectivity index (χ3v) is 4.76. The SMILES string of the molecule is CCNC(=NCc1ccc(COC(C)C)cc1)NC(C)CCCN(CC)CC. The Labute approximate surface area is 173 Å². The third-order valence-electron chi connectivity index (χ3n) is 4.76. The number of benzene rings is 1. The average molecular weight is 391 g/mol. The van der Waals surface area contributed by atoms with Gasteiger partial charge in [-0.15, -0.1) is 0 Å². The zero-order chi connectivity index (χ0) is 20.8. The molecule has 5 nitrogen and oxygen atoms in total. The van der Waals surface area contributed by atoms with Crippen LogP contribution in [0.5, 0.6) is 0 Å². The molecule has 0 aromatic heterocycles. The first-order chi connectivity index (χ1) is 13.5. The lowest BCUT2D eigenvalue weighted by Crippen LogP contribution is -2.42. The van der Waals surface area contributed by atoms with Gasteiger partial charge in [0, 0.05) is 12.6 Å². The number of hydrogen-bond acceptors (Lipinski definition) is 3. The van der Waals surface area contributed by atoms with Crippen LogP contribution >= 0.6 is 0 Å². The van der Waals surface area contributed by atoms with Crippen LogP contribution in [0.4, 0.5) is 0 Å². The molecular formula is C23H42N4O. The van der Waals surface area contributed by atoms with E-state index in [0.717, 1.165) is 32.0 Å². The van der Waals surface area contributed by atoms with Crippen LogP contribution in [0.15, 0.2) is 29.3 Å². The molecule has 0 spiro atoms. The smallest absolute Gasteiger partial charge is 0.191 e. The highest BCUT2D eigenvalue weighted by atomic mass is 16.5. The van der Waals surface area contributed by atoms with Crippen molar-refractivity contribution in [2.75, 3.05) is 26.2 Å². The highest BCUT2D eigenvalue weighted by Gasteiger charge is 2.07. The van der Waals surface area contributed by atoms with E-state index >= 15 is 0 Å². The summed E-state index contributed by atoms with van der Waals surface area (Å²) in [5.74, 6) is 0.894. The van der Waals surface area contributed by atoms with Crippen molar-refractivity contribution in [2.45, 2.75) is 79.7 Å². The summed E-state index contributed by atoms with van der Waals surface area (Å²) in [6, 6.07) is 8.94. The van der Waals surface area contributed by atoms with Crippen LogP contribution in [0.25, 0.3) is 0 Å². The molecule has 0 radical (unpaired) electrons. The molecule has 1 aromatic carbocycles. The molecule has 0 saturated carbocycles. The van der Waals surface area contributed by atoms with Crippen LogP contribution in [-0.2, 0) is 17.9 Å². The summed E-state index contributed by atoms with van der Waals surface area (Å²) in [5.41, 5.74) is 2.41. The van der Waals surface area contributed by atoms with Crippen LogP contribution in [0.1, 0.15) is 65.5 Å². The maximum Gasteiger partial charge on any atom is 0.191 e. The monoisotopic (exact) mass is 390 g/mol. The summed E-state index contributed by atoms with van der Waals surface area (Å²) in [6.07, 6.45) is 2.60. The lowest BCUT2D eigenvalue weighted by atomic mass is 10.1. The molecule has 1 atom stereocenters. The number of nitrogens with zero attached hydrogens (tertiary/aromatic N) is 2. The quantitative estimate of drug-likeness (QED) is 0.392. The van der Waals surface area contributed by atoms with Gasteiger partial charge in [0.25, 0.3) is 0 Å². The molecule has 5 heteroatoms. The van der Waals surface area contributed by atoms with Gasteiger partial charge < -0.3 is 20.3 Å². The Morgan fingerprint density at radius 3 is 2.25 bits per heavy atom. The molecule has 1 rings (SSSR count). The second-order valence-electron chi connectivity index (χ2n) is 7.59.